The standard InChI is InChI=1S/C16H26N4O2S2/c1-21-8-6-17-15(23)19-11-13-4-3-5-14(10-13)12-20-16(24)18-7-9-22-2/h3-5,10H,6-9,11-12H2,1-2H3,(H2,17,19,23)(H2,18,20,24). The Bertz CT molecular complexity index is 473. The molecule has 0 aliphatic heterocycles. The van der Waals surface area contributed by atoms with Gasteiger partial charge in [-0.2, -0.15) is 0 Å². The van der Waals surface area contributed by atoms with Crippen LogP contribution in [-0.4, -0.2) is 50.7 Å². The molecule has 0 heterocycles. The van der Waals surface area contributed by atoms with Gasteiger partial charge in [0.2, 0.25) is 0 Å². The van der Waals surface area contributed by atoms with Gasteiger partial charge in [-0.1, -0.05) is 24.3 Å². The summed E-state index contributed by atoms with van der Waals surface area (Å²) in [7, 11) is 3.33. The molecule has 0 aromatic heterocycles. The molecule has 1 rings (SSSR count). The highest BCUT2D eigenvalue weighted by Crippen LogP contribution is 2.05. The molecule has 1 aromatic carbocycles. The zero-order chi connectivity index (χ0) is 17.6. The van der Waals surface area contributed by atoms with Crippen LogP contribution in [0.4, 0.5) is 0 Å². The van der Waals surface area contributed by atoms with Gasteiger partial charge in [0.15, 0.2) is 10.2 Å². The third kappa shape index (κ3) is 9.61. The van der Waals surface area contributed by atoms with Gasteiger partial charge in [-0.3, -0.25) is 0 Å². The second kappa shape index (κ2) is 12.9. The minimum atomic E-state index is 0.624. The van der Waals surface area contributed by atoms with Crippen molar-refractivity contribution in [2.75, 3.05) is 40.5 Å². The van der Waals surface area contributed by atoms with Crippen molar-refractivity contribution in [2.45, 2.75) is 13.1 Å². The number of ether oxygens (including phenoxy) is 2. The smallest absolute Gasteiger partial charge is 0.166 e. The maximum Gasteiger partial charge on any atom is 0.166 e. The van der Waals surface area contributed by atoms with Gasteiger partial charge in [-0.05, 0) is 35.6 Å². The second-order valence-electron chi connectivity index (χ2n) is 5.02. The number of benzene rings is 1. The van der Waals surface area contributed by atoms with E-state index < -0.39 is 0 Å². The lowest BCUT2D eigenvalue weighted by molar-refractivity contribution is 0.204. The van der Waals surface area contributed by atoms with E-state index in [2.05, 4.69) is 39.5 Å². The molecule has 134 valence electrons. The second-order valence-corrected chi connectivity index (χ2v) is 5.84. The Labute approximate surface area is 154 Å². The molecular weight excluding hydrogens is 344 g/mol. The van der Waals surface area contributed by atoms with Gasteiger partial charge < -0.3 is 30.7 Å². The summed E-state index contributed by atoms with van der Waals surface area (Å²) in [5.41, 5.74) is 2.31. The van der Waals surface area contributed by atoms with Gasteiger partial charge in [-0.15, -0.1) is 0 Å². The van der Waals surface area contributed by atoms with Crippen LogP contribution in [0, 0.1) is 0 Å². The largest absolute Gasteiger partial charge is 0.383 e. The molecule has 1 aromatic rings. The minimum absolute atomic E-state index is 0.624. The van der Waals surface area contributed by atoms with E-state index in [4.69, 9.17) is 33.9 Å². The molecule has 0 amide bonds. The number of hydrogen-bond donors (Lipinski definition) is 4. The Hall–Kier alpha value is -1.48. The molecule has 0 fully saturated rings. The van der Waals surface area contributed by atoms with Gasteiger partial charge in [0.25, 0.3) is 0 Å². The Balaban J connectivity index is 2.32. The summed E-state index contributed by atoms with van der Waals surface area (Å²) >= 11 is 10.4. The van der Waals surface area contributed by atoms with Crippen LogP contribution in [0.3, 0.4) is 0 Å². The summed E-state index contributed by atoms with van der Waals surface area (Å²) in [6, 6.07) is 8.26. The molecule has 0 spiro atoms. The van der Waals surface area contributed by atoms with E-state index >= 15 is 0 Å². The highest BCUT2D eigenvalue weighted by molar-refractivity contribution is 7.80. The summed E-state index contributed by atoms with van der Waals surface area (Å²) in [6.07, 6.45) is 0. The van der Waals surface area contributed by atoms with Crippen molar-refractivity contribution >= 4 is 34.7 Å². The molecule has 4 N–H and O–H groups in total. The van der Waals surface area contributed by atoms with Crippen molar-refractivity contribution in [2.24, 2.45) is 0 Å². The summed E-state index contributed by atoms with van der Waals surface area (Å²) < 4.78 is 9.94. The molecule has 8 heteroatoms. The molecule has 0 unspecified atom stereocenters. The first kappa shape index (κ1) is 20.6. The fourth-order valence-electron chi connectivity index (χ4n) is 1.87. The van der Waals surface area contributed by atoms with Gasteiger partial charge in [0.1, 0.15) is 0 Å². The van der Waals surface area contributed by atoms with Gasteiger partial charge in [-0.25, -0.2) is 0 Å². The highest BCUT2D eigenvalue weighted by Gasteiger charge is 2.00. The van der Waals surface area contributed by atoms with E-state index in [1.807, 2.05) is 6.07 Å². The SMILES string of the molecule is COCCNC(=S)NCc1cccc(CNC(=S)NCCOC)c1. The fraction of sp³-hybridized carbons (Fsp3) is 0.500. The van der Waals surface area contributed by atoms with E-state index in [9.17, 15) is 0 Å². The third-order valence-electron chi connectivity index (χ3n) is 3.08. The van der Waals surface area contributed by atoms with Crippen LogP contribution < -0.4 is 21.3 Å². The quantitative estimate of drug-likeness (QED) is 0.358. The summed E-state index contributed by atoms with van der Waals surface area (Å²) in [4.78, 5) is 0. The first-order valence-corrected chi connectivity index (χ1v) is 8.56. The third-order valence-corrected chi connectivity index (χ3v) is 3.66. The van der Waals surface area contributed by atoms with E-state index in [0.717, 1.165) is 11.1 Å². The van der Waals surface area contributed by atoms with Crippen molar-refractivity contribution in [1.29, 1.82) is 0 Å². The number of nitrogens with one attached hydrogen (secondary N) is 4. The lowest BCUT2D eigenvalue weighted by atomic mass is 10.1. The molecule has 0 atom stereocenters. The number of thiocarbonyl (C=S) groups is 2. The maximum atomic E-state index is 5.21. The lowest BCUT2D eigenvalue weighted by Gasteiger charge is -2.12. The normalized spacial score (nSPS) is 10.1. The van der Waals surface area contributed by atoms with Crippen molar-refractivity contribution in [3.63, 3.8) is 0 Å². The highest BCUT2D eigenvalue weighted by atomic mass is 32.1. The Morgan fingerprint density at radius 1 is 0.833 bits per heavy atom. The van der Waals surface area contributed by atoms with Crippen LogP contribution in [0.5, 0.6) is 0 Å². The van der Waals surface area contributed by atoms with Crippen LogP contribution >= 0.6 is 24.4 Å². The zero-order valence-corrected chi connectivity index (χ0v) is 15.8. The molecule has 0 radical (unpaired) electrons. The Morgan fingerprint density at radius 3 is 1.71 bits per heavy atom. The van der Waals surface area contributed by atoms with Crippen LogP contribution in [0.2, 0.25) is 0 Å². The van der Waals surface area contributed by atoms with Gasteiger partial charge >= 0.3 is 0 Å². The van der Waals surface area contributed by atoms with Crippen molar-refractivity contribution in [1.82, 2.24) is 21.3 Å². The number of hydrogen-bond acceptors (Lipinski definition) is 4. The number of rotatable bonds is 10. The first-order valence-electron chi connectivity index (χ1n) is 7.74. The molecule has 6 nitrogen and oxygen atoms in total. The monoisotopic (exact) mass is 370 g/mol. The summed E-state index contributed by atoms with van der Waals surface area (Å²) in [6.45, 7) is 3.98. The maximum absolute atomic E-state index is 5.21. The first-order chi connectivity index (χ1) is 11.7. The van der Waals surface area contributed by atoms with Gasteiger partial charge in [0, 0.05) is 40.4 Å². The van der Waals surface area contributed by atoms with Crippen LogP contribution in [0.25, 0.3) is 0 Å². The predicted octanol–water partition coefficient (Wildman–Crippen LogP) is 0.908. The molecule has 24 heavy (non-hydrogen) atoms. The van der Waals surface area contributed by atoms with Gasteiger partial charge in [0.05, 0.1) is 13.2 Å². The molecule has 0 aliphatic rings. The molecule has 0 saturated carbocycles. The van der Waals surface area contributed by atoms with E-state index in [0.29, 0.717) is 49.6 Å². The van der Waals surface area contributed by atoms with Crippen molar-refractivity contribution < 1.29 is 9.47 Å². The van der Waals surface area contributed by atoms with E-state index in [1.54, 1.807) is 14.2 Å². The Morgan fingerprint density at radius 2 is 1.29 bits per heavy atom. The molecule has 0 aliphatic carbocycles. The fourth-order valence-corrected chi connectivity index (χ4v) is 2.22. The minimum Gasteiger partial charge on any atom is -0.383 e. The average molecular weight is 371 g/mol. The lowest BCUT2D eigenvalue weighted by Crippen LogP contribution is -2.37. The van der Waals surface area contributed by atoms with Crippen LogP contribution in [0.15, 0.2) is 24.3 Å². The Kier molecular flexibility index (Phi) is 11.0. The van der Waals surface area contributed by atoms with E-state index in [1.165, 1.54) is 0 Å². The van der Waals surface area contributed by atoms with Crippen molar-refractivity contribution in [3.05, 3.63) is 35.4 Å². The van der Waals surface area contributed by atoms with E-state index in [-0.39, 0.29) is 0 Å². The zero-order valence-electron chi connectivity index (χ0n) is 14.2. The summed E-state index contributed by atoms with van der Waals surface area (Å²) in [5.74, 6) is 0. The predicted molar refractivity (Wildman–Crippen MR) is 105 cm³/mol. The average Bonchev–Trinajstić information content (AvgIpc) is 2.59. The van der Waals surface area contributed by atoms with Crippen LogP contribution in [-0.2, 0) is 22.6 Å². The topological polar surface area (TPSA) is 66.6 Å². The van der Waals surface area contributed by atoms with Crippen molar-refractivity contribution in [3.8, 4) is 0 Å². The molecule has 0 bridgehead atoms. The summed E-state index contributed by atoms with van der Waals surface area (Å²) in [5, 5.41) is 13.8. The molecular formula is C16H26N4O2S2. The number of methoxy groups -OCH3 is 2. The molecule has 0 saturated heterocycles. The van der Waals surface area contributed by atoms with Crippen LogP contribution in [0.1, 0.15) is 11.1 Å².